The molecule has 0 heterocycles. The second-order valence-electron chi connectivity index (χ2n) is 0.647. The monoisotopic (exact) mass is 113 g/mol. The standard InChI is InChI=1S/C2H7NO2.ClH/c1-3(4)5-2;/h4H,1-2H3;1H. The van der Waals surface area contributed by atoms with Crippen molar-refractivity contribution < 1.29 is 10.0 Å². The van der Waals surface area contributed by atoms with Crippen molar-refractivity contribution in [2.24, 2.45) is 0 Å². The van der Waals surface area contributed by atoms with E-state index in [1.165, 1.54) is 14.2 Å². The van der Waals surface area contributed by atoms with Crippen LogP contribution in [0.2, 0.25) is 0 Å². The van der Waals surface area contributed by atoms with Gasteiger partial charge in [0.1, 0.15) is 0 Å². The highest BCUT2D eigenvalue weighted by atomic mass is 35.5. The van der Waals surface area contributed by atoms with Crippen LogP contribution in [0.25, 0.3) is 0 Å². The molecule has 0 spiro atoms. The third-order valence-corrected chi connectivity index (χ3v) is 0.264. The summed E-state index contributed by atoms with van der Waals surface area (Å²) < 4.78 is 0. The molecule has 6 heavy (non-hydrogen) atoms. The lowest BCUT2D eigenvalue weighted by atomic mass is 11.5. The average Bonchev–Trinajstić information content (AvgIpc) is 1.38. The van der Waals surface area contributed by atoms with Gasteiger partial charge in [-0.05, 0) is 0 Å². The molecule has 1 N–H and O–H groups in total. The molecule has 0 aromatic heterocycles. The van der Waals surface area contributed by atoms with E-state index < -0.39 is 0 Å². The number of nitrogens with zero attached hydrogens (tertiary/aromatic N) is 1. The fourth-order valence-electron chi connectivity index (χ4n) is 0. The Morgan fingerprint density at radius 1 is 1.67 bits per heavy atom. The topological polar surface area (TPSA) is 32.7 Å². The van der Waals surface area contributed by atoms with E-state index >= 15 is 0 Å². The first-order chi connectivity index (χ1) is 2.27. The van der Waals surface area contributed by atoms with E-state index in [9.17, 15) is 0 Å². The van der Waals surface area contributed by atoms with Crippen LogP contribution in [0.5, 0.6) is 0 Å². The Bertz CT molecular complexity index is 25.5. The molecule has 40 valence electrons. The fraction of sp³-hybridized carbons (Fsp3) is 1.00. The molecule has 0 saturated carbocycles. The minimum Gasteiger partial charge on any atom is -0.290 e. The third kappa shape index (κ3) is 8.90. The molecule has 0 aliphatic carbocycles. The summed E-state index contributed by atoms with van der Waals surface area (Å²) >= 11 is 0. The quantitative estimate of drug-likeness (QED) is 0.496. The van der Waals surface area contributed by atoms with Crippen LogP contribution in [0.3, 0.4) is 0 Å². The van der Waals surface area contributed by atoms with Gasteiger partial charge in [0.25, 0.3) is 0 Å². The zero-order valence-electron chi connectivity index (χ0n) is 3.71. The SMILES string of the molecule is CON(C)O.Cl. The molecule has 0 atom stereocenters. The van der Waals surface area contributed by atoms with Gasteiger partial charge in [-0.15, -0.1) is 12.4 Å². The Morgan fingerprint density at radius 3 is 1.83 bits per heavy atom. The molecular weight excluding hydrogens is 105 g/mol. The third-order valence-electron chi connectivity index (χ3n) is 0.264. The molecule has 0 bridgehead atoms. The minimum absolute atomic E-state index is 0. The summed E-state index contributed by atoms with van der Waals surface area (Å²) in [5.41, 5.74) is 0. The lowest BCUT2D eigenvalue weighted by molar-refractivity contribution is -0.307. The van der Waals surface area contributed by atoms with Crippen molar-refractivity contribution in [2.75, 3.05) is 14.2 Å². The van der Waals surface area contributed by atoms with Crippen LogP contribution in [0.1, 0.15) is 0 Å². The summed E-state index contributed by atoms with van der Waals surface area (Å²) in [4.78, 5) is 4.14. The molecule has 4 heteroatoms. The predicted molar refractivity (Wildman–Crippen MR) is 23.8 cm³/mol. The molecular formula is C2H8ClNO2. The first kappa shape index (κ1) is 9.48. The Balaban J connectivity index is 0. The van der Waals surface area contributed by atoms with Gasteiger partial charge in [-0.1, -0.05) is 5.23 Å². The van der Waals surface area contributed by atoms with Gasteiger partial charge in [0.2, 0.25) is 0 Å². The second kappa shape index (κ2) is 5.17. The van der Waals surface area contributed by atoms with Crippen LogP contribution in [0.15, 0.2) is 0 Å². The lowest BCUT2D eigenvalue weighted by Crippen LogP contribution is -2.08. The van der Waals surface area contributed by atoms with Crippen LogP contribution in [0, 0.1) is 0 Å². The Labute approximate surface area is 42.8 Å². The van der Waals surface area contributed by atoms with Crippen LogP contribution < -0.4 is 0 Å². The molecule has 0 radical (unpaired) electrons. The zero-order chi connectivity index (χ0) is 4.28. The van der Waals surface area contributed by atoms with E-state index in [1.807, 2.05) is 0 Å². The van der Waals surface area contributed by atoms with Gasteiger partial charge in [-0.2, -0.15) is 0 Å². The molecule has 0 aromatic carbocycles. The van der Waals surface area contributed by atoms with E-state index in [4.69, 9.17) is 5.21 Å². The van der Waals surface area contributed by atoms with Crippen molar-refractivity contribution in [3.63, 3.8) is 0 Å². The van der Waals surface area contributed by atoms with Gasteiger partial charge in [0, 0.05) is 7.05 Å². The zero-order valence-corrected chi connectivity index (χ0v) is 4.53. The molecule has 3 nitrogen and oxygen atoms in total. The Hall–Kier alpha value is 0.170. The van der Waals surface area contributed by atoms with Gasteiger partial charge < -0.3 is 0 Å². The van der Waals surface area contributed by atoms with Crippen LogP contribution in [0.4, 0.5) is 0 Å². The largest absolute Gasteiger partial charge is 0.290 e. The summed E-state index contributed by atoms with van der Waals surface area (Å²) in [6, 6.07) is 0. The average molecular weight is 114 g/mol. The van der Waals surface area contributed by atoms with E-state index in [0.29, 0.717) is 5.23 Å². The highest BCUT2D eigenvalue weighted by Gasteiger charge is 1.73. The number of hydrogen-bond acceptors (Lipinski definition) is 3. The number of hydroxylamine groups is 2. The van der Waals surface area contributed by atoms with Crippen molar-refractivity contribution in [1.29, 1.82) is 0 Å². The van der Waals surface area contributed by atoms with E-state index in [1.54, 1.807) is 0 Å². The molecule has 0 saturated heterocycles. The molecule has 0 unspecified atom stereocenters. The first-order valence-electron chi connectivity index (χ1n) is 1.24. The van der Waals surface area contributed by atoms with Crippen molar-refractivity contribution >= 4 is 12.4 Å². The maximum Gasteiger partial charge on any atom is 0.0601 e. The molecule has 0 amide bonds. The Morgan fingerprint density at radius 2 is 1.83 bits per heavy atom. The molecule has 0 aromatic rings. The summed E-state index contributed by atoms with van der Waals surface area (Å²) in [5.74, 6) is 0. The first-order valence-corrected chi connectivity index (χ1v) is 1.24. The number of rotatable bonds is 1. The van der Waals surface area contributed by atoms with Crippen LogP contribution in [-0.4, -0.2) is 24.6 Å². The van der Waals surface area contributed by atoms with Gasteiger partial charge in [-0.25, -0.2) is 0 Å². The van der Waals surface area contributed by atoms with E-state index in [2.05, 4.69) is 4.84 Å². The van der Waals surface area contributed by atoms with Gasteiger partial charge in [0.15, 0.2) is 0 Å². The van der Waals surface area contributed by atoms with Crippen molar-refractivity contribution in [3.8, 4) is 0 Å². The number of halogens is 1. The predicted octanol–water partition coefficient (Wildman–Crippen LogP) is 0.291. The van der Waals surface area contributed by atoms with Crippen LogP contribution in [-0.2, 0) is 4.84 Å². The minimum atomic E-state index is 0. The molecule has 0 aliphatic rings. The maximum absolute atomic E-state index is 7.97. The lowest BCUT2D eigenvalue weighted by Gasteiger charge is -1.98. The van der Waals surface area contributed by atoms with E-state index in [-0.39, 0.29) is 12.4 Å². The van der Waals surface area contributed by atoms with Crippen molar-refractivity contribution in [2.45, 2.75) is 0 Å². The summed E-state index contributed by atoms with van der Waals surface area (Å²) in [7, 11) is 2.76. The molecule has 0 rings (SSSR count). The molecule has 0 fully saturated rings. The normalized spacial score (nSPS) is 8.00. The highest BCUT2D eigenvalue weighted by Crippen LogP contribution is 1.63. The molecule has 0 aliphatic heterocycles. The maximum atomic E-state index is 7.97. The highest BCUT2D eigenvalue weighted by molar-refractivity contribution is 5.85. The second-order valence-corrected chi connectivity index (χ2v) is 0.647. The van der Waals surface area contributed by atoms with Gasteiger partial charge >= 0.3 is 0 Å². The number of hydrogen-bond donors (Lipinski definition) is 1. The Kier molecular flexibility index (Phi) is 8.17. The summed E-state index contributed by atoms with van der Waals surface area (Å²) in [5, 5.41) is 8.60. The smallest absolute Gasteiger partial charge is 0.0601 e. The van der Waals surface area contributed by atoms with Crippen molar-refractivity contribution in [3.05, 3.63) is 0 Å². The van der Waals surface area contributed by atoms with Crippen LogP contribution >= 0.6 is 12.4 Å². The summed E-state index contributed by atoms with van der Waals surface area (Å²) in [6.07, 6.45) is 0. The summed E-state index contributed by atoms with van der Waals surface area (Å²) in [6.45, 7) is 0. The van der Waals surface area contributed by atoms with E-state index in [0.717, 1.165) is 0 Å². The fourth-order valence-corrected chi connectivity index (χ4v) is 0. The van der Waals surface area contributed by atoms with Gasteiger partial charge in [0.05, 0.1) is 7.11 Å². The van der Waals surface area contributed by atoms with Crippen molar-refractivity contribution in [1.82, 2.24) is 5.23 Å². The van der Waals surface area contributed by atoms with Gasteiger partial charge in [-0.3, -0.25) is 10.0 Å².